The van der Waals surface area contributed by atoms with Gasteiger partial charge in [-0.15, -0.1) is 0 Å². The lowest BCUT2D eigenvalue weighted by Crippen LogP contribution is -2.39. The molecule has 2 rings (SSSR count). The van der Waals surface area contributed by atoms with Gasteiger partial charge >= 0.3 is 0 Å². The van der Waals surface area contributed by atoms with Gasteiger partial charge < -0.3 is 5.32 Å². The fraction of sp³-hybridized carbons (Fsp3) is 0.600. The second-order valence-electron chi connectivity index (χ2n) is 5.05. The highest BCUT2D eigenvalue weighted by Crippen LogP contribution is 2.31. The lowest BCUT2D eigenvalue weighted by molar-refractivity contribution is 0.481. The molecule has 1 heterocycles. The van der Waals surface area contributed by atoms with Gasteiger partial charge in [0.1, 0.15) is 5.82 Å². The van der Waals surface area contributed by atoms with Crippen LogP contribution in [0.2, 0.25) is 5.02 Å². The van der Waals surface area contributed by atoms with Crippen LogP contribution in [0.4, 0.5) is 4.39 Å². The van der Waals surface area contributed by atoms with E-state index in [-0.39, 0.29) is 5.82 Å². The van der Waals surface area contributed by atoms with Gasteiger partial charge in [-0.05, 0) is 61.7 Å². The van der Waals surface area contributed by atoms with Crippen molar-refractivity contribution in [3.05, 3.63) is 34.6 Å². The minimum atomic E-state index is -0.201. The fourth-order valence-corrected chi connectivity index (χ4v) is 4.11. The Bertz CT molecular complexity index is 407. The summed E-state index contributed by atoms with van der Waals surface area (Å²) < 4.78 is 13.3. The molecule has 0 saturated carbocycles. The SMILES string of the molecule is CCCNC(Cc1cc(F)ccc1Cl)C1CCCS1. The molecule has 0 bridgehead atoms. The van der Waals surface area contributed by atoms with Crippen LogP contribution in [-0.2, 0) is 6.42 Å². The first-order valence-electron chi connectivity index (χ1n) is 6.99. The second kappa shape index (κ2) is 7.51. The van der Waals surface area contributed by atoms with Crippen LogP contribution in [0.5, 0.6) is 0 Å². The Kier molecular flexibility index (Phi) is 5.99. The van der Waals surface area contributed by atoms with Gasteiger partial charge in [0.25, 0.3) is 0 Å². The third-order valence-corrected chi connectivity index (χ3v) is 5.40. The summed E-state index contributed by atoms with van der Waals surface area (Å²) >= 11 is 8.21. The van der Waals surface area contributed by atoms with E-state index < -0.39 is 0 Å². The Hall–Kier alpha value is -0.250. The van der Waals surface area contributed by atoms with Gasteiger partial charge in [0.15, 0.2) is 0 Å². The highest BCUT2D eigenvalue weighted by Gasteiger charge is 2.25. The number of rotatable bonds is 6. The minimum Gasteiger partial charge on any atom is -0.313 e. The van der Waals surface area contributed by atoms with E-state index in [1.54, 1.807) is 12.1 Å². The Balaban J connectivity index is 2.07. The molecule has 4 heteroatoms. The summed E-state index contributed by atoms with van der Waals surface area (Å²) in [6.07, 6.45) is 4.47. The van der Waals surface area contributed by atoms with Crippen molar-refractivity contribution >= 4 is 23.4 Å². The van der Waals surface area contributed by atoms with Gasteiger partial charge in [0, 0.05) is 16.3 Å². The Morgan fingerprint density at radius 2 is 2.37 bits per heavy atom. The van der Waals surface area contributed by atoms with Crippen molar-refractivity contribution in [1.82, 2.24) is 5.32 Å². The van der Waals surface area contributed by atoms with Crippen LogP contribution < -0.4 is 5.32 Å². The van der Waals surface area contributed by atoms with E-state index in [4.69, 9.17) is 11.6 Å². The smallest absolute Gasteiger partial charge is 0.123 e. The number of hydrogen-bond donors (Lipinski definition) is 1. The Morgan fingerprint density at radius 1 is 1.53 bits per heavy atom. The summed E-state index contributed by atoms with van der Waals surface area (Å²) in [6, 6.07) is 5.05. The van der Waals surface area contributed by atoms with E-state index in [9.17, 15) is 4.39 Å². The lowest BCUT2D eigenvalue weighted by atomic mass is 10.0. The number of halogens is 2. The van der Waals surface area contributed by atoms with E-state index in [2.05, 4.69) is 12.2 Å². The molecule has 1 aromatic carbocycles. The van der Waals surface area contributed by atoms with Crippen LogP contribution in [0, 0.1) is 5.82 Å². The van der Waals surface area contributed by atoms with Crippen LogP contribution in [0.25, 0.3) is 0 Å². The number of nitrogens with one attached hydrogen (secondary N) is 1. The first-order chi connectivity index (χ1) is 9.20. The predicted molar refractivity (Wildman–Crippen MR) is 82.7 cm³/mol. The normalized spacial score (nSPS) is 20.7. The maximum Gasteiger partial charge on any atom is 0.123 e. The van der Waals surface area contributed by atoms with Crippen LogP contribution >= 0.6 is 23.4 Å². The van der Waals surface area contributed by atoms with Crippen molar-refractivity contribution in [2.75, 3.05) is 12.3 Å². The molecular formula is C15H21ClFNS. The molecule has 1 fully saturated rings. The molecule has 0 aromatic heterocycles. The third-order valence-electron chi connectivity index (χ3n) is 3.52. The average molecular weight is 302 g/mol. The van der Waals surface area contributed by atoms with Crippen molar-refractivity contribution in [1.29, 1.82) is 0 Å². The predicted octanol–water partition coefficient (Wildman–Crippen LogP) is 4.29. The number of thioether (sulfide) groups is 1. The van der Waals surface area contributed by atoms with Gasteiger partial charge in [-0.1, -0.05) is 18.5 Å². The van der Waals surface area contributed by atoms with Gasteiger partial charge in [0.2, 0.25) is 0 Å². The zero-order chi connectivity index (χ0) is 13.7. The third kappa shape index (κ3) is 4.37. The van der Waals surface area contributed by atoms with Crippen LogP contribution in [0.3, 0.4) is 0 Å². The average Bonchev–Trinajstić information content (AvgIpc) is 2.92. The molecule has 0 radical (unpaired) electrons. The van der Waals surface area contributed by atoms with Crippen LogP contribution in [0.1, 0.15) is 31.7 Å². The van der Waals surface area contributed by atoms with Gasteiger partial charge in [-0.25, -0.2) is 4.39 Å². The standard InChI is InChI=1S/C15H21ClFNS/c1-2-7-18-14(15-4-3-8-19-15)10-11-9-12(17)5-6-13(11)16/h5-6,9,14-15,18H,2-4,7-8,10H2,1H3. The molecule has 19 heavy (non-hydrogen) atoms. The fourth-order valence-electron chi connectivity index (χ4n) is 2.52. The van der Waals surface area contributed by atoms with Crippen molar-refractivity contribution in [3.8, 4) is 0 Å². The Labute approximate surface area is 124 Å². The van der Waals surface area contributed by atoms with E-state index in [1.807, 2.05) is 11.8 Å². The maximum absolute atomic E-state index is 13.3. The highest BCUT2D eigenvalue weighted by molar-refractivity contribution is 8.00. The lowest BCUT2D eigenvalue weighted by Gasteiger charge is -2.24. The molecule has 1 aliphatic rings. The molecule has 1 aliphatic heterocycles. The number of hydrogen-bond acceptors (Lipinski definition) is 2. The van der Waals surface area contributed by atoms with E-state index in [1.165, 1.54) is 24.7 Å². The molecule has 1 aromatic rings. The molecular weight excluding hydrogens is 281 g/mol. The maximum atomic E-state index is 13.3. The number of benzene rings is 1. The summed E-state index contributed by atoms with van der Waals surface area (Å²) in [6.45, 7) is 3.18. The van der Waals surface area contributed by atoms with Crippen LogP contribution in [0.15, 0.2) is 18.2 Å². The van der Waals surface area contributed by atoms with Crippen LogP contribution in [-0.4, -0.2) is 23.6 Å². The molecule has 0 aliphatic carbocycles. The van der Waals surface area contributed by atoms with Crippen molar-refractivity contribution < 1.29 is 4.39 Å². The zero-order valence-electron chi connectivity index (χ0n) is 11.3. The topological polar surface area (TPSA) is 12.0 Å². The van der Waals surface area contributed by atoms with E-state index in [0.29, 0.717) is 16.3 Å². The molecule has 0 spiro atoms. The zero-order valence-corrected chi connectivity index (χ0v) is 12.9. The van der Waals surface area contributed by atoms with Gasteiger partial charge in [-0.2, -0.15) is 11.8 Å². The van der Waals surface area contributed by atoms with Crippen molar-refractivity contribution in [2.24, 2.45) is 0 Å². The Morgan fingerprint density at radius 3 is 3.05 bits per heavy atom. The van der Waals surface area contributed by atoms with Gasteiger partial charge in [-0.3, -0.25) is 0 Å². The molecule has 2 atom stereocenters. The monoisotopic (exact) mass is 301 g/mol. The first-order valence-corrected chi connectivity index (χ1v) is 8.42. The largest absolute Gasteiger partial charge is 0.313 e. The summed E-state index contributed by atoms with van der Waals surface area (Å²) in [4.78, 5) is 0. The summed E-state index contributed by atoms with van der Waals surface area (Å²) in [5.41, 5.74) is 0.919. The molecule has 1 saturated heterocycles. The quantitative estimate of drug-likeness (QED) is 0.841. The van der Waals surface area contributed by atoms with Crippen molar-refractivity contribution in [3.63, 3.8) is 0 Å². The molecule has 1 nitrogen and oxygen atoms in total. The summed E-state index contributed by atoms with van der Waals surface area (Å²) in [7, 11) is 0. The molecule has 1 N–H and O–H groups in total. The molecule has 2 unspecified atom stereocenters. The van der Waals surface area contributed by atoms with E-state index >= 15 is 0 Å². The summed E-state index contributed by atoms with van der Waals surface area (Å²) in [5, 5.41) is 4.91. The summed E-state index contributed by atoms with van der Waals surface area (Å²) in [5.74, 6) is 1.04. The highest BCUT2D eigenvalue weighted by atomic mass is 35.5. The first kappa shape index (κ1) is 15.1. The second-order valence-corrected chi connectivity index (χ2v) is 6.81. The van der Waals surface area contributed by atoms with Gasteiger partial charge in [0.05, 0.1) is 0 Å². The van der Waals surface area contributed by atoms with Crippen molar-refractivity contribution in [2.45, 2.75) is 43.9 Å². The molecule has 106 valence electrons. The minimum absolute atomic E-state index is 0.201. The van der Waals surface area contributed by atoms with E-state index in [0.717, 1.165) is 24.9 Å². The molecule has 0 amide bonds.